The normalized spacial score (nSPS) is 20.1. The summed E-state index contributed by atoms with van der Waals surface area (Å²) in [6.07, 6.45) is 2.62. The Morgan fingerprint density at radius 2 is 2.05 bits per heavy atom. The van der Waals surface area contributed by atoms with E-state index in [-0.39, 0.29) is 16.0 Å². The van der Waals surface area contributed by atoms with Crippen molar-refractivity contribution >= 4 is 33.2 Å². The van der Waals surface area contributed by atoms with E-state index < -0.39 is 10.0 Å². The minimum Gasteiger partial charge on any atom is -0.316 e. The van der Waals surface area contributed by atoms with Crippen molar-refractivity contribution in [1.29, 1.82) is 0 Å². The second-order valence-electron chi connectivity index (χ2n) is 5.22. The molecular weight excluding hydrogens is 331 g/mol. The number of hydrogen-bond acceptors (Lipinski definition) is 3. The number of sulfonamides is 1. The van der Waals surface area contributed by atoms with E-state index in [0.717, 1.165) is 24.8 Å². The van der Waals surface area contributed by atoms with Crippen LogP contribution in [0.15, 0.2) is 17.0 Å². The lowest BCUT2D eigenvalue weighted by molar-refractivity contribution is 0.379. The van der Waals surface area contributed by atoms with E-state index in [2.05, 4.69) is 5.32 Å². The third kappa shape index (κ3) is 3.37. The summed E-state index contributed by atoms with van der Waals surface area (Å²) in [5, 5.41) is 3.63. The highest BCUT2D eigenvalue weighted by molar-refractivity contribution is 7.89. The highest BCUT2D eigenvalue weighted by Gasteiger charge is 2.35. The SMILES string of the molecule is CCC1CCCN1S(=O)(=O)c1cc(CNC)c(Cl)cc1Cl. The van der Waals surface area contributed by atoms with Gasteiger partial charge in [-0.2, -0.15) is 4.31 Å². The molecule has 1 heterocycles. The fraction of sp³-hybridized carbons (Fsp3) is 0.571. The third-order valence-electron chi connectivity index (χ3n) is 3.85. The Hall–Kier alpha value is -0.330. The predicted molar refractivity (Wildman–Crippen MR) is 86.4 cm³/mol. The highest BCUT2D eigenvalue weighted by atomic mass is 35.5. The molecule has 1 aromatic carbocycles. The van der Waals surface area contributed by atoms with Crippen LogP contribution in [0.3, 0.4) is 0 Å². The van der Waals surface area contributed by atoms with E-state index in [1.54, 1.807) is 17.4 Å². The molecule has 4 nitrogen and oxygen atoms in total. The van der Waals surface area contributed by atoms with E-state index >= 15 is 0 Å². The maximum Gasteiger partial charge on any atom is 0.244 e. The smallest absolute Gasteiger partial charge is 0.244 e. The molecular formula is C14H20Cl2N2O2S. The lowest BCUT2D eigenvalue weighted by Crippen LogP contribution is -2.35. The first-order valence-electron chi connectivity index (χ1n) is 7.06. The molecule has 118 valence electrons. The molecule has 0 spiro atoms. The molecule has 1 N–H and O–H groups in total. The van der Waals surface area contributed by atoms with E-state index in [1.807, 2.05) is 6.92 Å². The highest BCUT2D eigenvalue weighted by Crippen LogP contribution is 2.34. The molecule has 0 aliphatic carbocycles. The maximum absolute atomic E-state index is 12.9. The summed E-state index contributed by atoms with van der Waals surface area (Å²) >= 11 is 12.3. The minimum absolute atomic E-state index is 0.0643. The molecule has 0 saturated carbocycles. The summed E-state index contributed by atoms with van der Waals surface area (Å²) in [6.45, 7) is 3.06. The van der Waals surface area contributed by atoms with Crippen LogP contribution in [0.1, 0.15) is 31.7 Å². The van der Waals surface area contributed by atoms with Gasteiger partial charge in [-0.25, -0.2) is 8.42 Å². The Balaban J connectivity index is 2.46. The minimum atomic E-state index is -3.57. The number of halogens is 2. The second-order valence-corrected chi connectivity index (χ2v) is 7.90. The molecule has 2 rings (SSSR count). The quantitative estimate of drug-likeness (QED) is 0.886. The van der Waals surface area contributed by atoms with Crippen molar-refractivity contribution in [3.8, 4) is 0 Å². The molecule has 21 heavy (non-hydrogen) atoms. The molecule has 1 saturated heterocycles. The fourth-order valence-corrected chi connectivity index (χ4v) is 5.36. The Kier molecular flexibility index (Phi) is 5.54. The Labute approximate surface area is 136 Å². The molecule has 1 atom stereocenters. The molecule has 1 fully saturated rings. The number of hydrogen-bond donors (Lipinski definition) is 1. The molecule has 1 aliphatic rings. The van der Waals surface area contributed by atoms with Crippen molar-refractivity contribution in [3.05, 3.63) is 27.7 Å². The van der Waals surface area contributed by atoms with Crippen molar-refractivity contribution < 1.29 is 8.42 Å². The van der Waals surface area contributed by atoms with Crippen LogP contribution in [0.4, 0.5) is 0 Å². The zero-order valence-electron chi connectivity index (χ0n) is 12.2. The Bertz CT molecular complexity index is 620. The van der Waals surface area contributed by atoms with Gasteiger partial charge in [0.2, 0.25) is 10.0 Å². The van der Waals surface area contributed by atoms with Gasteiger partial charge in [-0.15, -0.1) is 0 Å². The molecule has 0 aromatic heterocycles. The van der Waals surface area contributed by atoms with Gasteiger partial charge in [-0.05, 0) is 44.0 Å². The topological polar surface area (TPSA) is 49.4 Å². The summed E-state index contributed by atoms with van der Waals surface area (Å²) in [4.78, 5) is 0.152. The Morgan fingerprint density at radius 1 is 1.33 bits per heavy atom. The second kappa shape index (κ2) is 6.84. The number of nitrogens with one attached hydrogen (secondary N) is 1. The molecule has 0 bridgehead atoms. The number of benzene rings is 1. The molecule has 7 heteroatoms. The lowest BCUT2D eigenvalue weighted by Gasteiger charge is -2.24. The summed E-state index contributed by atoms with van der Waals surface area (Å²) in [5.74, 6) is 0. The fourth-order valence-electron chi connectivity index (χ4n) is 2.75. The van der Waals surface area contributed by atoms with Crippen LogP contribution in [-0.2, 0) is 16.6 Å². The van der Waals surface area contributed by atoms with Gasteiger partial charge in [0.05, 0.1) is 5.02 Å². The van der Waals surface area contributed by atoms with Gasteiger partial charge >= 0.3 is 0 Å². The van der Waals surface area contributed by atoms with Gasteiger partial charge in [0.15, 0.2) is 0 Å². The van der Waals surface area contributed by atoms with Crippen molar-refractivity contribution in [2.75, 3.05) is 13.6 Å². The van der Waals surface area contributed by atoms with Gasteiger partial charge < -0.3 is 5.32 Å². The van der Waals surface area contributed by atoms with Crippen LogP contribution in [-0.4, -0.2) is 32.4 Å². The van der Waals surface area contributed by atoms with Gasteiger partial charge in [0, 0.05) is 24.2 Å². The van der Waals surface area contributed by atoms with E-state index in [9.17, 15) is 8.42 Å². The zero-order chi connectivity index (χ0) is 15.6. The monoisotopic (exact) mass is 350 g/mol. The molecule has 1 aliphatic heterocycles. The molecule has 1 unspecified atom stereocenters. The average molecular weight is 351 g/mol. The number of rotatable bonds is 5. The molecule has 0 radical (unpaired) electrons. The van der Waals surface area contributed by atoms with E-state index in [4.69, 9.17) is 23.2 Å². The van der Waals surface area contributed by atoms with Crippen LogP contribution in [0.5, 0.6) is 0 Å². The van der Waals surface area contributed by atoms with Crippen LogP contribution >= 0.6 is 23.2 Å². The van der Waals surface area contributed by atoms with Gasteiger partial charge in [0.1, 0.15) is 4.90 Å². The van der Waals surface area contributed by atoms with Crippen molar-refractivity contribution in [2.24, 2.45) is 0 Å². The average Bonchev–Trinajstić information content (AvgIpc) is 2.90. The van der Waals surface area contributed by atoms with Crippen LogP contribution in [0, 0.1) is 0 Å². The largest absolute Gasteiger partial charge is 0.316 e. The van der Waals surface area contributed by atoms with Gasteiger partial charge in [-0.1, -0.05) is 30.1 Å². The first-order valence-corrected chi connectivity index (χ1v) is 9.25. The van der Waals surface area contributed by atoms with Crippen LogP contribution in [0.25, 0.3) is 0 Å². The Morgan fingerprint density at radius 3 is 2.67 bits per heavy atom. The lowest BCUT2D eigenvalue weighted by atomic mass is 10.2. The van der Waals surface area contributed by atoms with Crippen LogP contribution in [0.2, 0.25) is 10.0 Å². The van der Waals surface area contributed by atoms with E-state index in [0.29, 0.717) is 18.1 Å². The van der Waals surface area contributed by atoms with Crippen molar-refractivity contribution in [1.82, 2.24) is 9.62 Å². The summed E-state index contributed by atoms with van der Waals surface area (Å²) in [6, 6.07) is 3.16. The van der Waals surface area contributed by atoms with Crippen molar-refractivity contribution in [2.45, 2.75) is 43.7 Å². The van der Waals surface area contributed by atoms with Crippen LogP contribution < -0.4 is 5.32 Å². The molecule has 1 aromatic rings. The summed E-state index contributed by atoms with van der Waals surface area (Å²) in [7, 11) is -1.79. The number of nitrogens with zero attached hydrogens (tertiary/aromatic N) is 1. The predicted octanol–water partition coefficient (Wildman–Crippen LogP) is 3.28. The maximum atomic E-state index is 12.9. The first kappa shape index (κ1) is 17.0. The zero-order valence-corrected chi connectivity index (χ0v) is 14.5. The summed E-state index contributed by atoms with van der Waals surface area (Å²) < 4.78 is 27.3. The van der Waals surface area contributed by atoms with E-state index in [1.165, 1.54) is 6.07 Å². The standard InChI is InChI=1S/C14H20Cl2N2O2S/c1-3-11-5-4-6-18(11)21(19,20)14-7-10(9-17-2)12(15)8-13(14)16/h7-8,11,17H,3-6,9H2,1-2H3. The molecule has 0 amide bonds. The third-order valence-corrected chi connectivity index (χ3v) is 6.62. The first-order chi connectivity index (χ1) is 9.91. The summed E-state index contributed by atoms with van der Waals surface area (Å²) in [5.41, 5.74) is 0.731. The van der Waals surface area contributed by atoms with Gasteiger partial charge in [-0.3, -0.25) is 0 Å². The van der Waals surface area contributed by atoms with Crippen molar-refractivity contribution in [3.63, 3.8) is 0 Å². The van der Waals surface area contributed by atoms with Gasteiger partial charge in [0.25, 0.3) is 0 Å².